The zero-order valence-electron chi connectivity index (χ0n) is 24.2. The number of hydrogen-bond donors (Lipinski definition) is 0. The molecule has 1 fully saturated rings. The summed E-state index contributed by atoms with van der Waals surface area (Å²) in [5.74, 6) is -1.67. The van der Waals surface area contributed by atoms with Crippen LogP contribution in [0, 0.1) is 13.8 Å². The second kappa shape index (κ2) is 12.9. The van der Waals surface area contributed by atoms with Crippen molar-refractivity contribution in [2.24, 2.45) is 0 Å². The van der Waals surface area contributed by atoms with E-state index in [9.17, 15) is 19.2 Å². The lowest BCUT2D eigenvalue weighted by molar-refractivity contribution is -0.148. The molecule has 3 aromatic rings. The van der Waals surface area contributed by atoms with Gasteiger partial charge in [-0.1, -0.05) is 35.4 Å². The molecule has 10 nitrogen and oxygen atoms in total. The van der Waals surface area contributed by atoms with Gasteiger partial charge in [0, 0.05) is 18.7 Å². The van der Waals surface area contributed by atoms with Crippen LogP contribution in [0.25, 0.3) is 6.08 Å². The number of aryl methyl sites for hydroxylation is 2. The molecule has 0 N–H and O–H groups in total. The molecule has 0 amide bonds. The van der Waals surface area contributed by atoms with Gasteiger partial charge in [0.2, 0.25) is 0 Å². The van der Waals surface area contributed by atoms with Gasteiger partial charge in [-0.2, -0.15) is 4.98 Å². The van der Waals surface area contributed by atoms with Gasteiger partial charge in [0.25, 0.3) is 0 Å². The molecule has 0 radical (unpaired) electrons. The monoisotopic (exact) mass is 574 g/mol. The van der Waals surface area contributed by atoms with E-state index < -0.39 is 47.6 Å². The molecule has 3 atom stereocenters. The number of rotatable bonds is 8. The average Bonchev–Trinajstić information content (AvgIpc) is 3.32. The highest BCUT2D eigenvalue weighted by molar-refractivity contribution is 5.90. The van der Waals surface area contributed by atoms with E-state index in [0.717, 1.165) is 11.1 Å². The highest BCUT2D eigenvalue weighted by atomic mass is 16.6. The summed E-state index contributed by atoms with van der Waals surface area (Å²) in [6.07, 6.45) is 1.70. The minimum atomic E-state index is -0.840. The fraction of sp³-hybridized carbons (Fsp3) is 0.344. The van der Waals surface area contributed by atoms with Crippen molar-refractivity contribution < 1.29 is 33.3 Å². The zero-order chi connectivity index (χ0) is 30.4. The van der Waals surface area contributed by atoms with Crippen LogP contribution in [0.3, 0.4) is 0 Å². The number of hydrogen-bond acceptors (Lipinski definition) is 9. The van der Waals surface area contributed by atoms with E-state index in [2.05, 4.69) is 4.98 Å². The summed E-state index contributed by atoms with van der Waals surface area (Å²) in [5.41, 5.74) is 1.70. The largest absolute Gasteiger partial charge is 0.459 e. The molecular formula is C32H34N2O8. The first-order valence-corrected chi connectivity index (χ1v) is 13.5. The molecular weight excluding hydrogens is 540 g/mol. The topological polar surface area (TPSA) is 123 Å². The normalized spacial score (nSPS) is 18.5. The van der Waals surface area contributed by atoms with Crippen molar-refractivity contribution in [2.45, 2.75) is 65.1 Å². The predicted octanol–water partition coefficient (Wildman–Crippen LogP) is 4.59. The van der Waals surface area contributed by atoms with Crippen molar-refractivity contribution in [3.63, 3.8) is 0 Å². The third-order valence-corrected chi connectivity index (χ3v) is 6.35. The van der Waals surface area contributed by atoms with E-state index >= 15 is 0 Å². The lowest BCUT2D eigenvalue weighted by atomic mass is 10.1. The number of carbonyl (C=O) groups excluding carboxylic acids is 3. The minimum absolute atomic E-state index is 0.124. The first-order valence-electron chi connectivity index (χ1n) is 13.5. The van der Waals surface area contributed by atoms with Gasteiger partial charge >= 0.3 is 23.6 Å². The van der Waals surface area contributed by atoms with Crippen molar-refractivity contribution in [1.29, 1.82) is 0 Å². The molecule has 0 bridgehead atoms. The summed E-state index contributed by atoms with van der Waals surface area (Å²) in [6.45, 7) is 8.88. The van der Waals surface area contributed by atoms with Crippen LogP contribution >= 0.6 is 0 Å². The van der Waals surface area contributed by atoms with Gasteiger partial charge in [-0.15, -0.1) is 0 Å². The molecule has 0 aliphatic carbocycles. The lowest BCUT2D eigenvalue weighted by Gasteiger charge is -2.19. The van der Waals surface area contributed by atoms with Gasteiger partial charge in [-0.3, -0.25) is 4.57 Å². The van der Waals surface area contributed by atoms with E-state index in [1.54, 1.807) is 75.4 Å². The number of ether oxygens (including phenoxy) is 4. The second-order valence-corrected chi connectivity index (χ2v) is 11.0. The highest BCUT2D eigenvalue weighted by Crippen LogP contribution is 2.31. The Morgan fingerprint density at radius 2 is 1.55 bits per heavy atom. The molecule has 1 saturated heterocycles. The van der Waals surface area contributed by atoms with E-state index in [4.69, 9.17) is 18.9 Å². The van der Waals surface area contributed by atoms with Crippen LogP contribution in [0.1, 0.15) is 71.0 Å². The number of nitrogens with zero attached hydrogens (tertiary/aromatic N) is 2. The maximum absolute atomic E-state index is 12.9. The summed E-state index contributed by atoms with van der Waals surface area (Å²) in [4.78, 5) is 54.4. The molecule has 10 heteroatoms. The van der Waals surface area contributed by atoms with E-state index in [0.29, 0.717) is 11.1 Å². The van der Waals surface area contributed by atoms with Gasteiger partial charge in [-0.25, -0.2) is 19.2 Å². The van der Waals surface area contributed by atoms with Crippen LogP contribution in [-0.2, 0) is 23.7 Å². The van der Waals surface area contributed by atoms with Crippen molar-refractivity contribution in [2.75, 3.05) is 6.61 Å². The maximum Gasteiger partial charge on any atom is 0.350 e. The fourth-order valence-electron chi connectivity index (χ4n) is 4.20. The van der Waals surface area contributed by atoms with E-state index in [-0.39, 0.29) is 18.7 Å². The molecule has 1 aliphatic heterocycles. The van der Waals surface area contributed by atoms with E-state index in [1.807, 2.05) is 13.8 Å². The van der Waals surface area contributed by atoms with Crippen LogP contribution in [0.5, 0.6) is 0 Å². The third kappa shape index (κ3) is 8.23. The van der Waals surface area contributed by atoms with Gasteiger partial charge < -0.3 is 18.9 Å². The Bertz CT molecular complexity index is 1520. The number of esters is 3. The third-order valence-electron chi connectivity index (χ3n) is 6.35. The molecule has 4 rings (SSSR count). The Labute approximate surface area is 243 Å². The molecule has 2 aromatic carbocycles. The van der Waals surface area contributed by atoms with Gasteiger partial charge in [-0.05, 0) is 71.0 Å². The first-order chi connectivity index (χ1) is 19.9. The number of benzene rings is 2. The maximum atomic E-state index is 12.9. The molecule has 42 heavy (non-hydrogen) atoms. The van der Waals surface area contributed by atoms with Gasteiger partial charge in [0.1, 0.15) is 30.6 Å². The van der Waals surface area contributed by atoms with Crippen LogP contribution in [0.4, 0.5) is 0 Å². The van der Waals surface area contributed by atoms with Gasteiger partial charge in [0.05, 0.1) is 16.8 Å². The molecule has 0 spiro atoms. The van der Waals surface area contributed by atoms with Crippen molar-refractivity contribution in [3.8, 4) is 0 Å². The summed E-state index contributed by atoms with van der Waals surface area (Å²) in [5, 5.41) is 0. The Morgan fingerprint density at radius 3 is 2.12 bits per heavy atom. The average molecular weight is 575 g/mol. The molecule has 1 aliphatic rings. The van der Waals surface area contributed by atoms with Crippen molar-refractivity contribution in [1.82, 2.24) is 9.55 Å². The Hall–Kier alpha value is -4.57. The van der Waals surface area contributed by atoms with Crippen LogP contribution in [-0.4, -0.2) is 51.9 Å². The second-order valence-electron chi connectivity index (χ2n) is 11.0. The van der Waals surface area contributed by atoms with Crippen LogP contribution in [0.2, 0.25) is 0 Å². The van der Waals surface area contributed by atoms with E-state index in [1.165, 1.54) is 22.9 Å². The Kier molecular flexibility index (Phi) is 9.37. The lowest BCUT2D eigenvalue weighted by Crippen LogP contribution is -2.32. The standard InChI is InChI=1S/C32H34N2O8/c1-20-6-10-22(11-7-20)29(36)39-19-26-25(41-30(37)23-12-8-21(2)9-13-23)18-27(40-26)34-17-16-24(33-31(34)38)14-15-28(35)42-32(3,4)5/h6-17,25-27H,18-19H2,1-5H3/b15-14+/t25-,26+,27+/m0/s1. The summed E-state index contributed by atoms with van der Waals surface area (Å²) in [7, 11) is 0. The molecule has 0 unspecified atom stereocenters. The summed E-state index contributed by atoms with van der Waals surface area (Å²) in [6, 6.07) is 15.4. The van der Waals surface area contributed by atoms with Crippen molar-refractivity contribution >= 4 is 24.0 Å². The quantitative estimate of drug-likeness (QED) is 0.216. The summed E-state index contributed by atoms with van der Waals surface area (Å²) >= 11 is 0. The molecule has 1 aromatic heterocycles. The van der Waals surface area contributed by atoms with Crippen LogP contribution < -0.4 is 5.69 Å². The fourth-order valence-corrected chi connectivity index (χ4v) is 4.20. The zero-order valence-corrected chi connectivity index (χ0v) is 24.2. The predicted molar refractivity (Wildman–Crippen MR) is 154 cm³/mol. The van der Waals surface area contributed by atoms with Crippen molar-refractivity contribution in [3.05, 3.63) is 105 Å². The SMILES string of the molecule is Cc1ccc(C(=O)OC[C@H]2O[C@@H](n3ccc(/C=C/C(=O)OC(C)(C)C)nc3=O)C[C@@H]2OC(=O)c2ccc(C)cc2)cc1. The Balaban J connectivity index is 1.49. The van der Waals surface area contributed by atoms with Gasteiger partial charge in [0.15, 0.2) is 0 Å². The highest BCUT2D eigenvalue weighted by Gasteiger charge is 2.40. The molecule has 2 heterocycles. The smallest absolute Gasteiger partial charge is 0.350 e. The molecule has 0 saturated carbocycles. The summed E-state index contributed by atoms with van der Waals surface area (Å²) < 4.78 is 23.8. The van der Waals surface area contributed by atoms with Crippen LogP contribution in [0.15, 0.2) is 71.7 Å². The number of carbonyl (C=O) groups is 3. The number of aromatic nitrogens is 2. The first kappa shape index (κ1) is 30.4. The minimum Gasteiger partial charge on any atom is -0.459 e. The Morgan fingerprint density at radius 1 is 0.952 bits per heavy atom. The molecule has 220 valence electrons.